The predicted molar refractivity (Wildman–Crippen MR) is 128 cm³/mol. The first-order valence-corrected chi connectivity index (χ1v) is 12.0. The van der Waals surface area contributed by atoms with Gasteiger partial charge in [0.15, 0.2) is 0 Å². The molecular weight excluding hydrogens is 414 g/mol. The van der Waals surface area contributed by atoms with Crippen molar-refractivity contribution in [3.63, 3.8) is 0 Å². The van der Waals surface area contributed by atoms with Gasteiger partial charge in [0.05, 0.1) is 18.0 Å². The molecule has 8 nitrogen and oxygen atoms in total. The topological polar surface area (TPSA) is 93.8 Å². The zero-order valence-electron chi connectivity index (χ0n) is 19.4. The number of H-pyrrole nitrogens is 1. The number of rotatable bonds is 4. The molecule has 1 amide bonds. The van der Waals surface area contributed by atoms with Crippen molar-refractivity contribution in [1.29, 1.82) is 5.26 Å². The number of pyridine rings is 1. The zero-order chi connectivity index (χ0) is 22.9. The third-order valence-corrected chi connectivity index (χ3v) is 7.14. The Hall–Kier alpha value is -3.34. The van der Waals surface area contributed by atoms with Gasteiger partial charge in [-0.05, 0) is 51.7 Å². The van der Waals surface area contributed by atoms with E-state index < -0.39 is 0 Å². The molecule has 1 saturated heterocycles. The van der Waals surface area contributed by atoms with E-state index in [0.29, 0.717) is 6.04 Å². The second-order valence-corrected chi connectivity index (χ2v) is 9.57. The first-order valence-electron chi connectivity index (χ1n) is 12.0. The molecule has 0 aromatic carbocycles. The Morgan fingerprint density at radius 2 is 1.94 bits per heavy atom. The molecule has 3 aromatic rings. The molecule has 33 heavy (non-hydrogen) atoms. The summed E-state index contributed by atoms with van der Waals surface area (Å²) in [6.07, 6.45) is 9.20. The minimum absolute atomic E-state index is 0.0905. The van der Waals surface area contributed by atoms with Gasteiger partial charge in [0, 0.05) is 73.1 Å². The number of nitrogens with zero attached hydrogens (tertiary/aromatic N) is 6. The molecule has 5 rings (SSSR count). The Morgan fingerprint density at radius 1 is 1.18 bits per heavy atom. The van der Waals surface area contributed by atoms with Crippen LogP contribution in [0.3, 0.4) is 0 Å². The SMILES string of the molecule is CC(C)n1cc(-c2cc3c(N4CCN(C(=O)[C@H]5CC[C@H](C#N)CC5)CC4)ccnc3[nH]2)cn1. The summed E-state index contributed by atoms with van der Waals surface area (Å²) in [6.45, 7) is 7.32. The molecule has 2 fully saturated rings. The van der Waals surface area contributed by atoms with Gasteiger partial charge in [0.1, 0.15) is 5.65 Å². The summed E-state index contributed by atoms with van der Waals surface area (Å²) in [5.41, 5.74) is 4.08. The molecule has 4 heterocycles. The van der Waals surface area contributed by atoms with Gasteiger partial charge in [-0.2, -0.15) is 10.4 Å². The molecule has 3 aromatic heterocycles. The first-order chi connectivity index (χ1) is 16.0. The minimum atomic E-state index is 0.0905. The summed E-state index contributed by atoms with van der Waals surface area (Å²) < 4.78 is 1.96. The maximum atomic E-state index is 13.0. The standard InChI is InChI=1S/C25H31N7O/c1-17(2)32-16-20(15-28-32)22-13-21-23(7-8-27-24(21)29-22)30-9-11-31(12-10-30)25(33)19-5-3-18(14-26)4-6-19/h7-8,13,15-19H,3-6,9-12H2,1-2H3,(H,27,29)/t18-,19-. The summed E-state index contributed by atoms with van der Waals surface area (Å²) >= 11 is 0. The number of hydrogen-bond acceptors (Lipinski definition) is 5. The van der Waals surface area contributed by atoms with E-state index in [2.05, 4.69) is 58.2 Å². The molecule has 0 atom stereocenters. The number of anilines is 1. The van der Waals surface area contributed by atoms with Crippen LogP contribution in [0.1, 0.15) is 45.6 Å². The normalized spacial score (nSPS) is 21.5. The smallest absolute Gasteiger partial charge is 0.225 e. The van der Waals surface area contributed by atoms with Gasteiger partial charge in [0.2, 0.25) is 5.91 Å². The Bertz CT molecular complexity index is 1170. The Balaban J connectivity index is 1.28. The average Bonchev–Trinajstić information content (AvgIpc) is 3.51. The number of piperazine rings is 1. The van der Waals surface area contributed by atoms with E-state index in [-0.39, 0.29) is 17.7 Å². The van der Waals surface area contributed by atoms with Crippen molar-refractivity contribution >= 4 is 22.6 Å². The van der Waals surface area contributed by atoms with Crippen molar-refractivity contribution in [3.05, 3.63) is 30.7 Å². The van der Waals surface area contributed by atoms with Gasteiger partial charge in [-0.15, -0.1) is 0 Å². The van der Waals surface area contributed by atoms with Crippen LogP contribution in [0.15, 0.2) is 30.7 Å². The van der Waals surface area contributed by atoms with E-state index in [1.807, 2.05) is 22.0 Å². The van der Waals surface area contributed by atoms with E-state index in [0.717, 1.165) is 79.8 Å². The lowest BCUT2D eigenvalue weighted by molar-refractivity contribution is -0.137. The Kier molecular flexibility index (Phi) is 5.79. The molecule has 0 unspecified atom stereocenters. The summed E-state index contributed by atoms with van der Waals surface area (Å²) in [7, 11) is 0. The number of hydrogen-bond donors (Lipinski definition) is 1. The number of carbonyl (C=O) groups is 1. The van der Waals surface area contributed by atoms with Crippen LogP contribution in [0.25, 0.3) is 22.3 Å². The first kappa shape index (κ1) is 21.5. The summed E-state index contributed by atoms with van der Waals surface area (Å²) in [5, 5.41) is 14.7. The summed E-state index contributed by atoms with van der Waals surface area (Å²) in [4.78, 5) is 25.4. The largest absolute Gasteiger partial charge is 0.367 e. The van der Waals surface area contributed by atoms with Gasteiger partial charge in [-0.25, -0.2) is 4.98 Å². The Morgan fingerprint density at radius 3 is 2.61 bits per heavy atom. The van der Waals surface area contributed by atoms with Crippen LogP contribution in [-0.4, -0.2) is 56.7 Å². The molecule has 8 heteroatoms. The summed E-state index contributed by atoms with van der Waals surface area (Å²) in [5.74, 6) is 0.496. The van der Waals surface area contributed by atoms with Crippen LogP contribution < -0.4 is 4.90 Å². The van der Waals surface area contributed by atoms with Crippen molar-refractivity contribution in [2.75, 3.05) is 31.1 Å². The predicted octanol–water partition coefficient (Wildman–Crippen LogP) is 3.99. The number of fused-ring (bicyclic) bond motifs is 1. The third-order valence-electron chi connectivity index (χ3n) is 7.14. The van der Waals surface area contributed by atoms with Crippen LogP contribution in [0.4, 0.5) is 5.69 Å². The minimum Gasteiger partial charge on any atom is -0.367 e. The van der Waals surface area contributed by atoms with Gasteiger partial charge in [-0.3, -0.25) is 9.48 Å². The number of carbonyl (C=O) groups excluding carboxylic acids is 1. The number of nitriles is 1. The highest BCUT2D eigenvalue weighted by Gasteiger charge is 2.31. The van der Waals surface area contributed by atoms with Crippen molar-refractivity contribution in [2.24, 2.45) is 11.8 Å². The number of aromatic amines is 1. The van der Waals surface area contributed by atoms with E-state index >= 15 is 0 Å². The van der Waals surface area contributed by atoms with Crippen molar-refractivity contribution < 1.29 is 4.79 Å². The van der Waals surface area contributed by atoms with E-state index in [9.17, 15) is 4.79 Å². The van der Waals surface area contributed by atoms with Crippen LogP contribution in [-0.2, 0) is 4.79 Å². The maximum Gasteiger partial charge on any atom is 0.225 e. The fraction of sp³-hybridized carbons (Fsp3) is 0.520. The van der Waals surface area contributed by atoms with Crippen LogP contribution in [0.5, 0.6) is 0 Å². The van der Waals surface area contributed by atoms with Crippen molar-refractivity contribution in [3.8, 4) is 17.3 Å². The molecule has 1 aliphatic carbocycles. The second-order valence-electron chi connectivity index (χ2n) is 9.57. The third kappa shape index (κ3) is 4.20. The lowest BCUT2D eigenvalue weighted by atomic mass is 9.82. The number of amides is 1. The van der Waals surface area contributed by atoms with E-state index in [1.54, 1.807) is 0 Å². The molecule has 0 bridgehead atoms. The van der Waals surface area contributed by atoms with E-state index in [1.165, 1.54) is 0 Å². The molecule has 0 radical (unpaired) electrons. The molecular formula is C25H31N7O. The molecule has 1 aliphatic heterocycles. The van der Waals surface area contributed by atoms with Gasteiger partial charge >= 0.3 is 0 Å². The molecule has 172 valence electrons. The molecule has 1 saturated carbocycles. The zero-order valence-corrected chi connectivity index (χ0v) is 19.4. The quantitative estimate of drug-likeness (QED) is 0.655. The van der Waals surface area contributed by atoms with Crippen LogP contribution >= 0.6 is 0 Å². The molecule has 1 N–H and O–H groups in total. The lowest BCUT2D eigenvalue weighted by Gasteiger charge is -2.38. The van der Waals surface area contributed by atoms with Crippen molar-refractivity contribution in [1.82, 2.24) is 24.6 Å². The maximum absolute atomic E-state index is 13.0. The second kappa shape index (κ2) is 8.89. The average molecular weight is 446 g/mol. The lowest BCUT2D eigenvalue weighted by Crippen LogP contribution is -2.50. The highest BCUT2D eigenvalue weighted by Crippen LogP contribution is 2.32. The highest BCUT2D eigenvalue weighted by atomic mass is 16.2. The fourth-order valence-corrected chi connectivity index (χ4v) is 5.10. The summed E-state index contributed by atoms with van der Waals surface area (Å²) in [6, 6.07) is 6.90. The van der Waals surface area contributed by atoms with Crippen LogP contribution in [0.2, 0.25) is 0 Å². The van der Waals surface area contributed by atoms with Crippen LogP contribution in [0, 0.1) is 23.2 Å². The van der Waals surface area contributed by atoms with Gasteiger partial charge in [0.25, 0.3) is 0 Å². The fourth-order valence-electron chi connectivity index (χ4n) is 5.10. The number of aromatic nitrogens is 4. The van der Waals surface area contributed by atoms with Crippen molar-refractivity contribution in [2.45, 2.75) is 45.6 Å². The number of nitrogens with one attached hydrogen (secondary N) is 1. The van der Waals surface area contributed by atoms with E-state index in [4.69, 9.17) is 5.26 Å². The molecule has 0 spiro atoms. The van der Waals surface area contributed by atoms with Gasteiger partial charge in [-0.1, -0.05) is 0 Å². The Labute approximate surface area is 194 Å². The highest BCUT2D eigenvalue weighted by molar-refractivity contribution is 5.93. The molecule has 2 aliphatic rings. The monoisotopic (exact) mass is 445 g/mol. The van der Waals surface area contributed by atoms with Gasteiger partial charge < -0.3 is 14.8 Å².